The van der Waals surface area contributed by atoms with E-state index >= 15 is 0 Å². The third-order valence-electron chi connectivity index (χ3n) is 5.30. The van der Waals surface area contributed by atoms with Crippen LogP contribution in [0.15, 0.2) is 29.2 Å². The molecule has 1 fully saturated rings. The normalized spacial score (nSPS) is 19.7. The molecule has 2 N–H and O–H groups in total. The van der Waals surface area contributed by atoms with Gasteiger partial charge in [-0.3, -0.25) is 9.59 Å². The molecule has 0 unspecified atom stereocenters. The largest absolute Gasteiger partial charge is 0.456 e. The van der Waals surface area contributed by atoms with Crippen molar-refractivity contribution in [3.63, 3.8) is 0 Å². The van der Waals surface area contributed by atoms with Gasteiger partial charge in [-0.05, 0) is 42.4 Å². The highest BCUT2D eigenvalue weighted by atomic mass is 32.2. The molecule has 1 aromatic carbocycles. The molecule has 0 radical (unpaired) electrons. The van der Waals surface area contributed by atoms with E-state index in [1.165, 1.54) is 6.42 Å². The van der Waals surface area contributed by atoms with Crippen molar-refractivity contribution in [2.75, 3.05) is 13.2 Å². The fraction of sp³-hybridized carbons (Fsp3) is 0.619. The molecule has 162 valence electrons. The second kappa shape index (κ2) is 10.7. The second-order valence-electron chi connectivity index (χ2n) is 7.97. The standard InChI is InChI=1S/C21H32N2O5S/c1-15(2)17-8-10-18(11-9-17)29(26,27)22-13-12-21(25)28-14-20(24)23-19-7-5-4-6-16(19)3/h8-11,15-16,19,22H,4-7,12-14H2,1-3H3,(H,23,24)/t16-,19-/m1/s1. The zero-order valence-electron chi connectivity index (χ0n) is 17.4. The first-order chi connectivity index (χ1) is 13.7. The van der Waals surface area contributed by atoms with Crippen LogP contribution in [0.3, 0.4) is 0 Å². The minimum atomic E-state index is -3.69. The fourth-order valence-electron chi connectivity index (χ4n) is 3.40. The summed E-state index contributed by atoms with van der Waals surface area (Å²) in [5.74, 6) is -0.196. The predicted molar refractivity (Wildman–Crippen MR) is 111 cm³/mol. The zero-order chi connectivity index (χ0) is 21.4. The number of benzene rings is 1. The maximum atomic E-state index is 12.3. The number of esters is 1. The van der Waals surface area contributed by atoms with E-state index in [9.17, 15) is 18.0 Å². The van der Waals surface area contributed by atoms with Gasteiger partial charge in [0.15, 0.2) is 6.61 Å². The van der Waals surface area contributed by atoms with E-state index in [4.69, 9.17) is 4.74 Å². The molecule has 7 nitrogen and oxygen atoms in total. The Labute approximate surface area is 173 Å². The Morgan fingerprint density at radius 1 is 1.14 bits per heavy atom. The summed E-state index contributed by atoms with van der Waals surface area (Å²) in [4.78, 5) is 23.9. The molecular formula is C21H32N2O5S. The van der Waals surface area contributed by atoms with E-state index in [1.54, 1.807) is 24.3 Å². The van der Waals surface area contributed by atoms with Crippen LogP contribution >= 0.6 is 0 Å². The van der Waals surface area contributed by atoms with Crippen molar-refractivity contribution in [3.05, 3.63) is 29.8 Å². The van der Waals surface area contributed by atoms with Crippen molar-refractivity contribution in [2.45, 2.75) is 69.7 Å². The Balaban J connectivity index is 1.71. The molecule has 1 saturated carbocycles. The second-order valence-corrected chi connectivity index (χ2v) is 9.73. The van der Waals surface area contributed by atoms with Crippen LogP contribution in [0.1, 0.15) is 64.4 Å². The Hall–Kier alpha value is -1.93. The van der Waals surface area contributed by atoms with E-state index < -0.39 is 16.0 Å². The SMILES string of the molecule is CC(C)c1ccc(S(=O)(=O)NCCC(=O)OCC(=O)N[C@@H]2CCCC[C@H]2C)cc1. The Morgan fingerprint density at radius 3 is 2.41 bits per heavy atom. The van der Waals surface area contributed by atoms with E-state index in [0.717, 1.165) is 24.8 Å². The highest BCUT2D eigenvalue weighted by Gasteiger charge is 2.23. The van der Waals surface area contributed by atoms with E-state index in [0.29, 0.717) is 11.8 Å². The van der Waals surface area contributed by atoms with Crippen molar-refractivity contribution in [2.24, 2.45) is 5.92 Å². The molecule has 1 aliphatic rings. The number of ether oxygens (including phenoxy) is 1. The summed E-state index contributed by atoms with van der Waals surface area (Å²) >= 11 is 0. The summed E-state index contributed by atoms with van der Waals surface area (Å²) in [7, 11) is -3.69. The fourth-order valence-corrected chi connectivity index (χ4v) is 4.43. The lowest BCUT2D eigenvalue weighted by Gasteiger charge is -2.29. The molecule has 1 amide bonds. The van der Waals surface area contributed by atoms with Crippen LogP contribution in [0.5, 0.6) is 0 Å². The number of hydrogen-bond acceptors (Lipinski definition) is 5. The maximum Gasteiger partial charge on any atom is 0.307 e. The number of amides is 1. The summed E-state index contributed by atoms with van der Waals surface area (Å²) in [5.41, 5.74) is 1.05. The van der Waals surface area contributed by atoms with Crippen molar-refractivity contribution in [3.8, 4) is 0 Å². The van der Waals surface area contributed by atoms with Gasteiger partial charge in [0.25, 0.3) is 5.91 Å². The minimum absolute atomic E-state index is 0.0889. The van der Waals surface area contributed by atoms with Gasteiger partial charge < -0.3 is 10.1 Å². The summed E-state index contributed by atoms with van der Waals surface area (Å²) in [6.07, 6.45) is 4.16. The zero-order valence-corrected chi connectivity index (χ0v) is 18.3. The van der Waals surface area contributed by atoms with Gasteiger partial charge in [-0.2, -0.15) is 0 Å². The minimum Gasteiger partial charge on any atom is -0.456 e. The number of rotatable bonds is 9. The van der Waals surface area contributed by atoms with Gasteiger partial charge in [0.2, 0.25) is 10.0 Å². The molecule has 2 atom stereocenters. The molecule has 1 aromatic rings. The number of hydrogen-bond donors (Lipinski definition) is 2. The van der Waals surface area contributed by atoms with Gasteiger partial charge in [0, 0.05) is 12.6 Å². The molecule has 8 heteroatoms. The first-order valence-corrected chi connectivity index (χ1v) is 11.7. The molecule has 0 spiro atoms. The monoisotopic (exact) mass is 424 g/mol. The van der Waals surface area contributed by atoms with Crippen molar-refractivity contribution < 1.29 is 22.7 Å². The number of carbonyl (C=O) groups excluding carboxylic acids is 2. The van der Waals surface area contributed by atoms with Gasteiger partial charge in [-0.1, -0.05) is 45.7 Å². The number of carbonyl (C=O) groups is 2. The quantitative estimate of drug-likeness (QED) is 0.594. The molecule has 1 aliphatic carbocycles. The van der Waals surface area contributed by atoms with Crippen LogP contribution in [0.25, 0.3) is 0 Å². The third kappa shape index (κ3) is 7.44. The molecular weight excluding hydrogens is 392 g/mol. The summed E-state index contributed by atoms with van der Waals surface area (Å²) < 4.78 is 31.9. The van der Waals surface area contributed by atoms with E-state index in [-0.39, 0.29) is 36.4 Å². The Kier molecular flexibility index (Phi) is 8.64. The third-order valence-corrected chi connectivity index (χ3v) is 6.78. The highest BCUT2D eigenvalue weighted by Crippen LogP contribution is 2.23. The van der Waals surface area contributed by atoms with Crippen LogP contribution in [-0.2, 0) is 24.3 Å². The Morgan fingerprint density at radius 2 is 1.79 bits per heavy atom. The number of sulfonamides is 1. The molecule has 0 heterocycles. The number of nitrogens with one attached hydrogen (secondary N) is 2. The smallest absolute Gasteiger partial charge is 0.307 e. The first kappa shape index (κ1) is 23.3. The summed E-state index contributed by atoms with van der Waals surface area (Å²) in [6, 6.07) is 6.78. The van der Waals surface area contributed by atoms with Gasteiger partial charge in [-0.15, -0.1) is 0 Å². The highest BCUT2D eigenvalue weighted by molar-refractivity contribution is 7.89. The van der Waals surface area contributed by atoms with E-state index in [2.05, 4.69) is 17.0 Å². The lowest BCUT2D eigenvalue weighted by Crippen LogP contribution is -2.43. The predicted octanol–water partition coefficient (Wildman–Crippen LogP) is 2.72. The van der Waals surface area contributed by atoms with Crippen molar-refractivity contribution >= 4 is 21.9 Å². The molecule has 0 saturated heterocycles. The van der Waals surface area contributed by atoms with Crippen LogP contribution < -0.4 is 10.0 Å². The average molecular weight is 425 g/mol. The van der Waals surface area contributed by atoms with Crippen LogP contribution in [-0.4, -0.2) is 39.5 Å². The lowest BCUT2D eigenvalue weighted by atomic mass is 9.86. The van der Waals surface area contributed by atoms with Crippen LogP contribution in [0.4, 0.5) is 0 Å². The van der Waals surface area contributed by atoms with Crippen molar-refractivity contribution in [1.82, 2.24) is 10.0 Å². The van der Waals surface area contributed by atoms with Crippen molar-refractivity contribution in [1.29, 1.82) is 0 Å². The van der Waals surface area contributed by atoms with Gasteiger partial charge in [0.05, 0.1) is 11.3 Å². The topological polar surface area (TPSA) is 102 Å². The van der Waals surface area contributed by atoms with E-state index in [1.807, 2.05) is 13.8 Å². The average Bonchev–Trinajstić information content (AvgIpc) is 2.68. The summed E-state index contributed by atoms with van der Waals surface area (Å²) in [6.45, 7) is 5.74. The molecule has 0 bridgehead atoms. The van der Waals surface area contributed by atoms with Gasteiger partial charge >= 0.3 is 5.97 Å². The molecule has 29 heavy (non-hydrogen) atoms. The lowest BCUT2D eigenvalue weighted by molar-refractivity contribution is -0.148. The first-order valence-electron chi connectivity index (χ1n) is 10.2. The Bertz CT molecular complexity index is 790. The van der Waals surface area contributed by atoms with Crippen LogP contribution in [0.2, 0.25) is 0 Å². The van der Waals surface area contributed by atoms with Gasteiger partial charge in [0.1, 0.15) is 0 Å². The maximum absolute atomic E-state index is 12.3. The molecule has 0 aliphatic heterocycles. The summed E-state index contributed by atoms with van der Waals surface area (Å²) in [5, 5.41) is 2.91. The van der Waals surface area contributed by atoms with Crippen LogP contribution in [0, 0.1) is 5.92 Å². The molecule has 2 rings (SSSR count). The molecule has 0 aromatic heterocycles. The van der Waals surface area contributed by atoms with Gasteiger partial charge in [-0.25, -0.2) is 13.1 Å².